The van der Waals surface area contributed by atoms with Crippen LogP contribution in [0.25, 0.3) is 6.08 Å². The molecule has 1 atom stereocenters. The molecular formula is C26H22N2O3. The van der Waals surface area contributed by atoms with Crippen molar-refractivity contribution < 1.29 is 14.3 Å². The maximum Gasteiger partial charge on any atom is 0.291 e. The lowest BCUT2D eigenvalue weighted by atomic mass is 9.87. The average molecular weight is 410 g/mol. The minimum absolute atomic E-state index is 0.000248. The van der Waals surface area contributed by atoms with Crippen LogP contribution in [0.3, 0.4) is 0 Å². The van der Waals surface area contributed by atoms with Gasteiger partial charge in [0.1, 0.15) is 0 Å². The van der Waals surface area contributed by atoms with Crippen LogP contribution in [0.4, 0.5) is 5.69 Å². The van der Waals surface area contributed by atoms with Crippen molar-refractivity contribution in [1.82, 2.24) is 5.32 Å². The molecule has 31 heavy (non-hydrogen) atoms. The van der Waals surface area contributed by atoms with Gasteiger partial charge < -0.3 is 15.4 Å². The van der Waals surface area contributed by atoms with Gasteiger partial charge in [-0.15, -0.1) is 0 Å². The van der Waals surface area contributed by atoms with Crippen LogP contribution in [0.2, 0.25) is 0 Å². The number of anilines is 1. The number of fused-ring (bicyclic) bond motifs is 2. The lowest BCUT2D eigenvalue weighted by Gasteiger charge is -2.26. The quantitative estimate of drug-likeness (QED) is 0.606. The third-order valence-corrected chi connectivity index (χ3v) is 5.71. The molecule has 2 aliphatic rings. The van der Waals surface area contributed by atoms with Crippen LogP contribution in [0.5, 0.6) is 5.75 Å². The van der Waals surface area contributed by atoms with E-state index in [4.69, 9.17) is 4.74 Å². The first-order chi connectivity index (χ1) is 15.2. The summed E-state index contributed by atoms with van der Waals surface area (Å²) < 4.78 is 5.80. The number of carbonyl (C=O) groups is 2. The first-order valence-corrected chi connectivity index (χ1v) is 10.5. The summed E-state index contributed by atoms with van der Waals surface area (Å²) in [4.78, 5) is 25.4. The van der Waals surface area contributed by atoms with Crippen LogP contribution in [0, 0.1) is 0 Å². The van der Waals surface area contributed by atoms with Crippen molar-refractivity contribution >= 4 is 23.6 Å². The molecule has 0 saturated carbocycles. The monoisotopic (exact) mass is 410 g/mol. The summed E-state index contributed by atoms with van der Waals surface area (Å²) in [5.41, 5.74) is 4.34. The lowest BCUT2D eigenvalue weighted by Crippen LogP contribution is -2.31. The van der Waals surface area contributed by atoms with Crippen molar-refractivity contribution in [2.45, 2.75) is 25.3 Å². The number of ether oxygens (including phenoxy) is 1. The van der Waals surface area contributed by atoms with Gasteiger partial charge in [0.05, 0.1) is 11.7 Å². The largest absolute Gasteiger partial charge is 0.449 e. The smallest absolute Gasteiger partial charge is 0.291 e. The van der Waals surface area contributed by atoms with Gasteiger partial charge in [-0.05, 0) is 60.2 Å². The van der Waals surface area contributed by atoms with Crippen LogP contribution in [0.15, 0.2) is 78.6 Å². The van der Waals surface area contributed by atoms with E-state index < -0.39 is 0 Å². The molecule has 5 heteroatoms. The normalized spacial score (nSPS) is 18.4. The molecule has 1 aliphatic heterocycles. The molecule has 0 fully saturated rings. The number of nitrogens with one attached hydrogen (secondary N) is 2. The summed E-state index contributed by atoms with van der Waals surface area (Å²) in [5.74, 6) is 0.232. The zero-order chi connectivity index (χ0) is 21.2. The number of benzene rings is 3. The van der Waals surface area contributed by atoms with Crippen LogP contribution in [0.1, 0.15) is 45.9 Å². The summed E-state index contributed by atoms with van der Waals surface area (Å²) in [7, 11) is 0. The summed E-state index contributed by atoms with van der Waals surface area (Å²) in [6.45, 7) is 0. The Morgan fingerprint density at radius 2 is 1.84 bits per heavy atom. The highest BCUT2D eigenvalue weighted by molar-refractivity contribution is 6.09. The second-order valence-corrected chi connectivity index (χ2v) is 7.80. The van der Waals surface area contributed by atoms with E-state index in [1.54, 1.807) is 24.3 Å². The number of amides is 2. The van der Waals surface area contributed by atoms with Gasteiger partial charge in [-0.2, -0.15) is 0 Å². The number of rotatable bonds is 3. The van der Waals surface area contributed by atoms with Gasteiger partial charge in [-0.3, -0.25) is 9.59 Å². The van der Waals surface area contributed by atoms with Gasteiger partial charge in [-0.1, -0.05) is 54.6 Å². The first kappa shape index (κ1) is 19.1. The molecule has 1 heterocycles. The molecule has 0 saturated heterocycles. The Bertz CT molecular complexity index is 1180. The van der Waals surface area contributed by atoms with Gasteiger partial charge in [0.2, 0.25) is 0 Å². The molecule has 2 N–H and O–H groups in total. The minimum atomic E-state index is -0.338. The molecule has 3 aromatic carbocycles. The summed E-state index contributed by atoms with van der Waals surface area (Å²) in [6.07, 6.45) is 4.71. The van der Waals surface area contributed by atoms with Crippen molar-refractivity contribution in [3.8, 4) is 5.75 Å². The fourth-order valence-corrected chi connectivity index (χ4v) is 4.15. The Labute approximate surface area is 180 Å². The van der Waals surface area contributed by atoms with Gasteiger partial charge >= 0.3 is 0 Å². The Morgan fingerprint density at radius 1 is 1.03 bits per heavy atom. The molecule has 0 spiro atoms. The van der Waals surface area contributed by atoms with Gasteiger partial charge in [0, 0.05) is 5.56 Å². The molecule has 0 bridgehead atoms. The Kier molecular flexibility index (Phi) is 5.00. The van der Waals surface area contributed by atoms with E-state index >= 15 is 0 Å². The fraction of sp³-hybridized carbons (Fsp3) is 0.154. The van der Waals surface area contributed by atoms with Crippen molar-refractivity contribution in [1.29, 1.82) is 0 Å². The highest BCUT2D eigenvalue weighted by atomic mass is 16.5. The zero-order valence-electron chi connectivity index (χ0n) is 16.9. The predicted octanol–water partition coefficient (Wildman–Crippen LogP) is 4.87. The Morgan fingerprint density at radius 3 is 2.71 bits per heavy atom. The third-order valence-electron chi connectivity index (χ3n) is 5.71. The molecule has 154 valence electrons. The summed E-state index contributed by atoms with van der Waals surface area (Å²) in [6, 6.07) is 22.9. The summed E-state index contributed by atoms with van der Waals surface area (Å²) >= 11 is 0. The number of aryl methyl sites for hydroxylation is 1. The van der Waals surface area contributed by atoms with Crippen LogP contribution in [-0.2, 0) is 11.2 Å². The van der Waals surface area contributed by atoms with Crippen LogP contribution in [-0.4, -0.2) is 11.8 Å². The van der Waals surface area contributed by atoms with E-state index in [2.05, 4.69) is 22.8 Å². The summed E-state index contributed by atoms with van der Waals surface area (Å²) in [5, 5.41) is 5.98. The second kappa shape index (κ2) is 8.11. The highest BCUT2D eigenvalue weighted by Gasteiger charge is 2.25. The van der Waals surface area contributed by atoms with Crippen LogP contribution < -0.4 is 15.4 Å². The molecule has 1 unspecified atom stereocenters. The number of hydrogen-bond donors (Lipinski definition) is 2. The van der Waals surface area contributed by atoms with E-state index in [9.17, 15) is 9.59 Å². The standard InChI is InChI=1S/C26H22N2O3/c29-25(27-21-12-6-10-18-9-4-5-11-20(18)21)19-13-14-23-22(16-19)28-26(30)24(31-23)15-17-7-2-1-3-8-17/h1-5,7-9,11,13-16,21H,6,10,12H2,(H,27,29)(H,28,30)/b24-15+. The van der Waals surface area contributed by atoms with E-state index in [-0.39, 0.29) is 23.6 Å². The second-order valence-electron chi connectivity index (χ2n) is 7.80. The Hall–Kier alpha value is -3.86. The van der Waals surface area contributed by atoms with Gasteiger partial charge in [-0.25, -0.2) is 0 Å². The zero-order valence-corrected chi connectivity index (χ0v) is 16.9. The topological polar surface area (TPSA) is 67.4 Å². The molecule has 5 rings (SSSR count). The van der Waals surface area contributed by atoms with Crippen LogP contribution >= 0.6 is 0 Å². The van der Waals surface area contributed by atoms with E-state index in [1.807, 2.05) is 42.5 Å². The molecule has 0 aromatic heterocycles. The maximum absolute atomic E-state index is 12.9. The molecule has 1 aliphatic carbocycles. The molecular weight excluding hydrogens is 388 g/mol. The van der Waals surface area contributed by atoms with Crippen molar-refractivity contribution in [2.24, 2.45) is 0 Å². The van der Waals surface area contributed by atoms with Crippen molar-refractivity contribution in [3.05, 3.63) is 101 Å². The van der Waals surface area contributed by atoms with Crippen molar-refractivity contribution in [3.63, 3.8) is 0 Å². The lowest BCUT2D eigenvalue weighted by molar-refractivity contribution is -0.115. The van der Waals surface area contributed by atoms with Crippen molar-refractivity contribution in [2.75, 3.05) is 5.32 Å². The van der Waals surface area contributed by atoms with Gasteiger partial charge in [0.25, 0.3) is 11.8 Å². The van der Waals surface area contributed by atoms with E-state index in [0.717, 1.165) is 24.8 Å². The highest BCUT2D eigenvalue weighted by Crippen LogP contribution is 2.33. The van der Waals surface area contributed by atoms with E-state index in [0.29, 0.717) is 17.0 Å². The SMILES string of the molecule is O=C1Nc2cc(C(=O)NC3CCCc4ccccc43)ccc2O/C1=C/c1ccccc1. The third kappa shape index (κ3) is 3.94. The Balaban J connectivity index is 1.35. The average Bonchev–Trinajstić information content (AvgIpc) is 2.80. The molecule has 3 aromatic rings. The van der Waals surface area contributed by atoms with E-state index in [1.165, 1.54) is 11.1 Å². The first-order valence-electron chi connectivity index (χ1n) is 10.5. The van der Waals surface area contributed by atoms with Gasteiger partial charge in [0.15, 0.2) is 11.5 Å². The minimum Gasteiger partial charge on any atom is -0.449 e. The molecule has 2 amide bonds. The fourth-order valence-electron chi connectivity index (χ4n) is 4.15. The maximum atomic E-state index is 12.9. The molecule has 0 radical (unpaired) electrons. The number of carbonyl (C=O) groups excluding carboxylic acids is 2. The number of hydrogen-bond acceptors (Lipinski definition) is 3. The predicted molar refractivity (Wildman–Crippen MR) is 120 cm³/mol. The molecule has 5 nitrogen and oxygen atoms in total.